The van der Waals surface area contributed by atoms with E-state index in [0.29, 0.717) is 4.91 Å². The molecule has 3 rings (SSSR count). The molecule has 0 radical (unpaired) electrons. The van der Waals surface area contributed by atoms with Crippen LogP contribution in [0, 0.1) is 0 Å². The molecule has 0 saturated carbocycles. The highest BCUT2D eigenvalue weighted by Crippen LogP contribution is 2.37. The summed E-state index contributed by atoms with van der Waals surface area (Å²) in [6, 6.07) is 17.1. The van der Waals surface area contributed by atoms with E-state index in [-0.39, 0.29) is 17.9 Å². The third-order valence-electron chi connectivity index (χ3n) is 3.50. The lowest BCUT2D eigenvalue weighted by Gasteiger charge is -2.18. The number of hydrogen-bond acceptors (Lipinski definition) is 3. The lowest BCUT2D eigenvalue weighted by Crippen LogP contribution is -2.26. The van der Waals surface area contributed by atoms with Gasteiger partial charge in [0.25, 0.3) is 5.91 Å². The Morgan fingerprint density at radius 3 is 2.61 bits per heavy atom. The van der Waals surface area contributed by atoms with Gasteiger partial charge in [-0.25, -0.2) is 0 Å². The minimum absolute atomic E-state index is 0.121. The van der Waals surface area contributed by atoms with E-state index in [0.717, 1.165) is 16.1 Å². The minimum atomic E-state index is -0.279. The molecule has 0 spiro atoms. The van der Waals surface area contributed by atoms with Crippen molar-refractivity contribution in [3.63, 3.8) is 0 Å². The van der Waals surface area contributed by atoms with Gasteiger partial charge < -0.3 is 10.6 Å². The third-order valence-corrected chi connectivity index (χ3v) is 4.60. The number of anilines is 1. The molecule has 2 amide bonds. The lowest BCUT2D eigenvalue weighted by molar-refractivity contribution is -0.118. The Labute approximate surface area is 139 Å². The van der Waals surface area contributed by atoms with Crippen LogP contribution in [0.4, 0.5) is 5.69 Å². The quantitative estimate of drug-likeness (QED) is 0.850. The van der Waals surface area contributed by atoms with Gasteiger partial charge in [0.15, 0.2) is 0 Å². The Balaban J connectivity index is 1.72. The summed E-state index contributed by atoms with van der Waals surface area (Å²) in [4.78, 5) is 25.6. The fraction of sp³-hybridized carbons (Fsp3) is 0.111. The van der Waals surface area contributed by atoms with Crippen LogP contribution >= 0.6 is 11.8 Å². The molecule has 4 nitrogen and oxygen atoms in total. The van der Waals surface area contributed by atoms with E-state index in [9.17, 15) is 9.59 Å². The van der Waals surface area contributed by atoms with Gasteiger partial charge in [-0.1, -0.05) is 54.2 Å². The predicted molar refractivity (Wildman–Crippen MR) is 92.0 cm³/mol. The van der Waals surface area contributed by atoms with Crippen LogP contribution < -0.4 is 10.6 Å². The van der Waals surface area contributed by atoms with Crippen molar-refractivity contribution in [1.82, 2.24) is 5.32 Å². The van der Waals surface area contributed by atoms with Crippen molar-refractivity contribution in [2.24, 2.45) is 0 Å². The van der Waals surface area contributed by atoms with E-state index in [1.54, 1.807) is 0 Å². The van der Waals surface area contributed by atoms with Gasteiger partial charge in [-0.3, -0.25) is 9.59 Å². The predicted octanol–water partition coefficient (Wildman–Crippen LogP) is 3.49. The summed E-state index contributed by atoms with van der Waals surface area (Å²) >= 11 is 1.30. The van der Waals surface area contributed by atoms with Gasteiger partial charge in [0, 0.05) is 11.0 Å². The van der Waals surface area contributed by atoms with Crippen molar-refractivity contribution in [1.29, 1.82) is 0 Å². The second kappa shape index (κ2) is 6.71. The number of thioether (sulfide) groups is 1. The molecule has 1 aliphatic rings. The molecular weight excluding hydrogens is 308 g/mol. The Morgan fingerprint density at radius 2 is 1.83 bits per heavy atom. The fourth-order valence-electron chi connectivity index (χ4n) is 2.30. The van der Waals surface area contributed by atoms with Gasteiger partial charge in [0.05, 0.1) is 16.6 Å². The van der Waals surface area contributed by atoms with Crippen LogP contribution in [0.5, 0.6) is 0 Å². The first-order chi connectivity index (χ1) is 11.1. The van der Waals surface area contributed by atoms with Crippen molar-refractivity contribution in [3.05, 3.63) is 71.1 Å². The molecule has 0 aliphatic carbocycles. The second-order valence-electron chi connectivity index (χ2n) is 5.20. The van der Waals surface area contributed by atoms with Gasteiger partial charge in [-0.2, -0.15) is 0 Å². The third kappa shape index (κ3) is 3.63. The molecule has 1 heterocycles. The number of amides is 2. The van der Waals surface area contributed by atoms with Crippen molar-refractivity contribution in [2.75, 3.05) is 5.32 Å². The van der Waals surface area contributed by atoms with Crippen molar-refractivity contribution >= 4 is 29.3 Å². The molecule has 5 heteroatoms. The number of carbonyl (C=O) groups excluding carboxylic acids is 2. The fourth-order valence-corrected chi connectivity index (χ4v) is 3.22. The second-order valence-corrected chi connectivity index (χ2v) is 6.29. The van der Waals surface area contributed by atoms with E-state index in [2.05, 4.69) is 10.6 Å². The highest BCUT2D eigenvalue weighted by Gasteiger charge is 2.21. The maximum Gasteiger partial charge on any atom is 0.262 e. The summed E-state index contributed by atoms with van der Waals surface area (Å²) in [6.45, 7) is 1.91. The first-order valence-corrected chi connectivity index (χ1v) is 8.10. The molecule has 2 aromatic carbocycles. The number of nitrogens with one attached hydrogen (secondary N) is 2. The SMILES string of the molecule is CC(NC(=O)/C=C1/Sc2ccccc2NC1=O)c1ccccc1. The number of fused-ring (bicyclic) bond motifs is 1. The molecule has 1 atom stereocenters. The van der Waals surface area contributed by atoms with Gasteiger partial charge in [0.1, 0.15) is 0 Å². The van der Waals surface area contributed by atoms with E-state index >= 15 is 0 Å². The Kier molecular flexibility index (Phi) is 4.48. The van der Waals surface area contributed by atoms with Crippen molar-refractivity contribution in [3.8, 4) is 0 Å². The largest absolute Gasteiger partial charge is 0.346 e. The summed E-state index contributed by atoms with van der Waals surface area (Å²) in [5, 5.41) is 5.67. The van der Waals surface area contributed by atoms with E-state index in [1.807, 2.05) is 61.5 Å². The first-order valence-electron chi connectivity index (χ1n) is 7.29. The van der Waals surface area contributed by atoms with Gasteiger partial charge in [0.2, 0.25) is 5.91 Å². The average Bonchev–Trinajstić information content (AvgIpc) is 2.56. The number of carbonyl (C=O) groups is 2. The topological polar surface area (TPSA) is 58.2 Å². The van der Waals surface area contributed by atoms with Crippen LogP contribution in [0.15, 0.2) is 70.5 Å². The van der Waals surface area contributed by atoms with Crippen LogP contribution in [-0.2, 0) is 9.59 Å². The van der Waals surface area contributed by atoms with Gasteiger partial charge >= 0.3 is 0 Å². The summed E-state index contributed by atoms with van der Waals surface area (Å²) in [7, 11) is 0. The molecule has 0 bridgehead atoms. The van der Waals surface area contributed by atoms with E-state index < -0.39 is 0 Å². The molecule has 2 N–H and O–H groups in total. The molecular formula is C18H16N2O2S. The maximum absolute atomic E-state index is 12.2. The normalized spacial score (nSPS) is 16.4. The summed E-state index contributed by atoms with van der Waals surface area (Å²) in [5.41, 5.74) is 1.79. The van der Waals surface area contributed by atoms with Gasteiger partial charge in [-0.05, 0) is 24.6 Å². The van der Waals surface area contributed by atoms with Crippen molar-refractivity contribution in [2.45, 2.75) is 17.9 Å². The highest BCUT2D eigenvalue weighted by molar-refractivity contribution is 8.04. The smallest absolute Gasteiger partial charge is 0.262 e. The van der Waals surface area contributed by atoms with Crippen LogP contribution in [0.1, 0.15) is 18.5 Å². The molecule has 23 heavy (non-hydrogen) atoms. The van der Waals surface area contributed by atoms with Crippen molar-refractivity contribution < 1.29 is 9.59 Å². The molecule has 0 aromatic heterocycles. The zero-order chi connectivity index (χ0) is 16.2. The standard InChI is InChI=1S/C18H16N2O2S/c1-12(13-7-3-2-4-8-13)19-17(21)11-16-18(22)20-14-9-5-6-10-15(14)23-16/h2-12H,1H3,(H,19,21)(H,20,22)/b16-11+. The lowest BCUT2D eigenvalue weighted by atomic mass is 10.1. The number of para-hydroxylation sites is 1. The van der Waals surface area contributed by atoms with E-state index in [1.165, 1.54) is 17.8 Å². The zero-order valence-electron chi connectivity index (χ0n) is 12.6. The Hall–Kier alpha value is -2.53. The minimum Gasteiger partial charge on any atom is -0.346 e. The zero-order valence-corrected chi connectivity index (χ0v) is 13.4. The molecule has 0 saturated heterocycles. The Morgan fingerprint density at radius 1 is 1.13 bits per heavy atom. The Bertz CT molecular complexity index is 772. The summed E-state index contributed by atoms with van der Waals surface area (Å²) < 4.78 is 0. The number of hydrogen-bond donors (Lipinski definition) is 2. The van der Waals surface area contributed by atoms with Gasteiger partial charge in [-0.15, -0.1) is 0 Å². The number of rotatable bonds is 3. The van der Waals surface area contributed by atoms with Crippen LogP contribution in [0.25, 0.3) is 0 Å². The summed E-state index contributed by atoms with van der Waals surface area (Å²) in [5.74, 6) is -0.533. The maximum atomic E-state index is 12.2. The molecule has 0 fully saturated rings. The molecule has 1 aliphatic heterocycles. The van der Waals surface area contributed by atoms with Crippen LogP contribution in [0.3, 0.4) is 0 Å². The van der Waals surface area contributed by atoms with Crippen LogP contribution in [-0.4, -0.2) is 11.8 Å². The molecule has 2 aromatic rings. The van der Waals surface area contributed by atoms with E-state index in [4.69, 9.17) is 0 Å². The molecule has 116 valence electrons. The molecule has 1 unspecified atom stereocenters. The average molecular weight is 324 g/mol. The van der Waals surface area contributed by atoms with Crippen LogP contribution in [0.2, 0.25) is 0 Å². The first kappa shape index (κ1) is 15.4. The number of benzene rings is 2. The highest BCUT2D eigenvalue weighted by atomic mass is 32.2. The monoisotopic (exact) mass is 324 g/mol. The summed E-state index contributed by atoms with van der Waals surface area (Å²) in [6.07, 6.45) is 1.36.